The predicted octanol–water partition coefficient (Wildman–Crippen LogP) is 2.82. The quantitative estimate of drug-likeness (QED) is 0.841. The molecule has 0 bridgehead atoms. The van der Waals surface area contributed by atoms with E-state index in [0.29, 0.717) is 0 Å². The Kier molecular flexibility index (Phi) is 4.20. The van der Waals surface area contributed by atoms with Crippen LogP contribution >= 0.6 is 11.3 Å². The smallest absolute Gasteiger partial charge is 0.310 e. The lowest BCUT2D eigenvalue weighted by atomic mass is 10.2. The van der Waals surface area contributed by atoms with Crippen molar-refractivity contribution in [1.82, 2.24) is 9.55 Å². The molecular weight excluding hydrogens is 232 g/mol. The summed E-state index contributed by atoms with van der Waals surface area (Å²) in [7, 11) is 0. The minimum Gasteiger partial charge on any atom is -0.310 e. The maximum absolute atomic E-state index is 11.7. The van der Waals surface area contributed by atoms with Gasteiger partial charge in [-0.15, -0.1) is 11.3 Å². The van der Waals surface area contributed by atoms with Gasteiger partial charge >= 0.3 is 5.69 Å². The molecule has 0 unspecified atom stereocenters. The topological polar surface area (TPSA) is 37.8 Å². The van der Waals surface area contributed by atoms with Gasteiger partial charge in [-0.3, -0.25) is 4.57 Å². The van der Waals surface area contributed by atoms with Gasteiger partial charge in [-0.2, -0.15) is 0 Å². The van der Waals surface area contributed by atoms with Crippen LogP contribution in [0.1, 0.15) is 30.3 Å². The first-order valence-corrected chi connectivity index (χ1v) is 6.98. The molecule has 0 atom stereocenters. The summed E-state index contributed by atoms with van der Waals surface area (Å²) in [5.74, 6) is 0. The Morgan fingerprint density at radius 1 is 1.41 bits per heavy atom. The number of imidazole rings is 1. The van der Waals surface area contributed by atoms with E-state index in [4.69, 9.17) is 0 Å². The zero-order chi connectivity index (χ0) is 12.1. The van der Waals surface area contributed by atoms with Crippen LogP contribution in [0.2, 0.25) is 0 Å². The van der Waals surface area contributed by atoms with E-state index in [9.17, 15) is 4.79 Å². The Balaban J connectivity index is 1.96. The van der Waals surface area contributed by atoms with Crippen molar-refractivity contribution in [3.05, 3.63) is 44.8 Å². The molecule has 3 nitrogen and oxygen atoms in total. The Labute approximate surface area is 105 Å². The van der Waals surface area contributed by atoms with Gasteiger partial charge < -0.3 is 4.98 Å². The minimum absolute atomic E-state index is 0.0210. The van der Waals surface area contributed by atoms with Gasteiger partial charge in [0.2, 0.25) is 0 Å². The Morgan fingerprint density at radius 2 is 2.29 bits per heavy atom. The van der Waals surface area contributed by atoms with Crippen molar-refractivity contribution in [1.29, 1.82) is 0 Å². The molecule has 2 aromatic heterocycles. The Bertz CT molecular complexity index is 496. The van der Waals surface area contributed by atoms with Gasteiger partial charge in [0.25, 0.3) is 0 Å². The minimum atomic E-state index is 0.0210. The second-order valence-corrected chi connectivity index (χ2v) is 5.24. The first kappa shape index (κ1) is 12.2. The lowest BCUT2D eigenvalue weighted by molar-refractivity contribution is 0.676. The van der Waals surface area contributed by atoms with Crippen LogP contribution in [0.3, 0.4) is 0 Å². The molecule has 0 radical (unpaired) electrons. The number of aromatic nitrogens is 2. The lowest BCUT2D eigenvalue weighted by Gasteiger charge is -1.98. The molecule has 0 saturated carbocycles. The fourth-order valence-electron chi connectivity index (χ4n) is 1.83. The number of nitrogens with zero attached hydrogens (tertiary/aromatic N) is 1. The van der Waals surface area contributed by atoms with E-state index in [1.807, 2.05) is 12.3 Å². The molecule has 17 heavy (non-hydrogen) atoms. The number of H-pyrrole nitrogens is 1. The summed E-state index contributed by atoms with van der Waals surface area (Å²) in [5, 5.41) is 2.07. The van der Waals surface area contributed by atoms with Crippen molar-refractivity contribution in [2.75, 3.05) is 0 Å². The number of rotatable bonds is 6. The molecule has 0 saturated heterocycles. The molecule has 0 aliphatic rings. The van der Waals surface area contributed by atoms with Crippen LogP contribution in [0.25, 0.3) is 0 Å². The fraction of sp³-hybridized carbons (Fsp3) is 0.462. The molecule has 92 valence electrons. The van der Waals surface area contributed by atoms with Crippen molar-refractivity contribution in [3.63, 3.8) is 0 Å². The van der Waals surface area contributed by atoms with E-state index < -0.39 is 0 Å². The van der Waals surface area contributed by atoms with Crippen molar-refractivity contribution >= 4 is 11.3 Å². The van der Waals surface area contributed by atoms with Crippen molar-refractivity contribution in [2.45, 2.75) is 39.2 Å². The summed E-state index contributed by atoms with van der Waals surface area (Å²) >= 11 is 1.74. The van der Waals surface area contributed by atoms with Gasteiger partial charge in [0.05, 0.1) is 0 Å². The van der Waals surface area contributed by atoms with Gasteiger partial charge in [0.1, 0.15) is 0 Å². The van der Waals surface area contributed by atoms with E-state index in [0.717, 1.165) is 37.9 Å². The van der Waals surface area contributed by atoms with E-state index in [-0.39, 0.29) is 5.69 Å². The van der Waals surface area contributed by atoms with Crippen molar-refractivity contribution < 1.29 is 0 Å². The fourth-order valence-corrected chi connectivity index (χ4v) is 2.53. The van der Waals surface area contributed by atoms with E-state index in [2.05, 4.69) is 23.4 Å². The summed E-state index contributed by atoms with van der Waals surface area (Å²) in [5.41, 5.74) is 1.08. The first-order valence-electron chi connectivity index (χ1n) is 6.10. The first-order chi connectivity index (χ1) is 8.29. The molecule has 4 heteroatoms. The molecular formula is C13H18N2OS. The van der Waals surface area contributed by atoms with Crippen molar-refractivity contribution in [3.8, 4) is 0 Å². The third kappa shape index (κ3) is 3.33. The highest BCUT2D eigenvalue weighted by atomic mass is 32.1. The number of hydrogen-bond acceptors (Lipinski definition) is 2. The largest absolute Gasteiger partial charge is 0.325 e. The highest BCUT2D eigenvalue weighted by molar-refractivity contribution is 7.09. The molecule has 2 rings (SSSR count). The number of hydrogen-bond donors (Lipinski definition) is 1. The SMILES string of the molecule is CCCCc1cn(CCc2cccs2)c(=O)[nH]1. The highest BCUT2D eigenvalue weighted by Gasteiger charge is 2.03. The zero-order valence-electron chi connectivity index (χ0n) is 10.1. The summed E-state index contributed by atoms with van der Waals surface area (Å²) in [6.07, 6.45) is 6.15. The van der Waals surface area contributed by atoms with Crippen molar-refractivity contribution in [2.24, 2.45) is 0 Å². The average Bonchev–Trinajstić information content (AvgIpc) is 2.93. The predicted molar refractivity (Wildman–Crippen MR) is 71.7 cm³/mol. The zero-order valence-corrected chi connectivity index (χ0v) is 10.9. The summed E-state index contributed by atoms with van der Waals surface area (Å²) in [4.78, 5) is 15.9. The maximum atomic E-state index is 11.7. The molecule has 1 N–H and O–H groups in total. The van der Waals surface area contributed by atoms with Crippen LogP contribution in [0.4, 0.5) is 0 Å². The van der Waals surface area contributed by atoms with Crippen LogP contribution in [0.15, 0.2) is 28.5 Å². The monoisotopic (exact) mass is 250 g/mol. The molecule has 0 fully saturated rings. The molecule has 0 amide bonds. The van der Waals surface area contributed by atoms with E-state index in [1.165, 1.54) is 4.88 Å². The molecule has 0 spiro atoms. The Morgan fingerprint density at radius 3 is 3.00 bits per heavy atom. The second-order valence-electron chi connectivity index (χ2n) is 4.21. The summed E-state index contributed by atoms with van der Waals surface area (Å²) < 4.78 is 1.78. The van der Waals surface area contributed by atoms with Crippen LogP contribution in [0, 0.1) is 0 Å². The van der Waals surface area contributed by atoms with Gasteiger partial charge in [0, 0.05) is 23.3 Å². The molecule has 0 aliphatic carbocycles. The number of aryl methyl sites for hydroxylation is 3. The number of thiophene rings is 1. The standard InChI is InChI=1S/C13H18N2OS/c1-2-3-5-11-10-15(13(16)14-11)8-7-12-6-4-9-17-12/h4,6,9-10H,2-3,5,7-8H2,1H3,(H,14,16). The molecule has 0 aromatic carbocycles. The van der Waals surface area contributed by atoms with E-state index >= 15 is 0 Å². The molecule has 2 heterocycles. The number of nitrogens with one attached hydrogen (secondary N) is 1. The van der Waals surface area contributed by atoms with Crippen LogP contribution in [-0.4, -0.2) is 9.55 Å². The third-order valence-electron chi connectivity index (χ3n) is 2.82. The number of aromatic amines is 1. The Hall–Kier alpha value is -1.29. The van der Waals surface area contributed by atoms with Crippen LogP contribution in [0.5, 0.6) is 0 Å². The third-order valence-corrected chi connectivity index (χ3v) is 3.76. The second kappa shape index (κ2) is 5.87. The highest BCUT2D eigenvalue weighted by Crippen LogP contribution is 2.10. The number of unbranched alkanes of at least 4 members (excludes halogenated alkanes) is 1. The lowest BCUT2D eigenvalue weighted by Crippen LogP contribution is -2.17. The molecule has 0 aliphatic heterocycles. The van der Waals surface area contributed by atoms with Gasteiger partial charge in [0.15, 0.2) is 0 Å². The maximum Gasteiger partial charge on any atom is 0.325 e. The average molecular weight is 250 g/mol. The van der Waals surface area contributed by atoms with Gasteiger partial charge in [-0.05, 0) is 30.7 Å². The normalized spacial score (nSPS) is 10.9. The summed E-state index contributed by atoms with van der Waals surface area (Å²) in [6, 6.07) is 4.16. The molecule has 2 aromatic rings. The van der Waals surface area contributed by atoms with Crippen LogP contribution in [-0.2, 0) is 19.4 Å². The van der Waals surface area contributed by atoms with Gasteiger partial charge in [-0.25, -0.2) is 4.79 Å². The van der Waals surface area contributed by atoms with Crippen LogP contribution < -0.4 is 5.69 Å². The van der Waals surface area contributed by atoms with Gasteiger partial charge in [-0.1, -0.05) is 19.4 Å². The van der Waals surface area contributed by atoms with E-state index in [1.54, 1.807) is 15.9 Å². The summed E-state index contributed by atoms with van der Waals surface area (Å²) in [6.45, 7) is 2.92.